The number of hydrogen-bond acceptors (Lipinski definition) is 7. The van der Waals surface area contributed by atoms with Gasteiger partial charge < -0.3 is 14.4 Å². The van der Waals surface area contributed by atoms with E-state index in [2.05, 4.69) is 4.90 Å². The van der Waals surface area contributed by atoms with E-state index in [0.717, 1.165) is 54.4 Å². The van der Waals surface area contributed by atoms with Gasteiger partial charge in [0.15, 0.2) is 0 Å². The van der Waals surface area contributed by atoms with E-state index in [9.17, 15) is 9.59 Å². The van der Waals surface area contributed by atoms with E-state index in [0.29, 0.717) is 26.2 Å². The summed E-state index contributed by atoms with van der Waals surface area (Å²) in [6.45, 7) is 4.46. The first-order chi connectivity index (χ1) is 17.1. The van der Waals surface area contributed by atoms with Crippen molar-refractivity contribution in [3.8, 4) is 5.75 Å². The molecule has 2 aliphatic heterocycles. The van der Waals surface area contributed by atoms with Crippen molar-refractivity contribution in [1.29, 1.82) is 0 Å². The molecule has 1 aromatic carbocycles. The Morgan fingerprint density at radius 1 is 1.17 bits per heavy atom. The summed E-state index contributed by atoms with van der Waals surface area (Å²) in [6.07, 6.45) is 2.43. The smallest absolute Gasteiger partial charge is 0.262 e. The molecule has 0 N–H and O–H groups in total. The van der Waals surface area contributed by atoms with Gasteiger partial charge in [-0.2, -0.15) is 5.10 Å². The average Bonchev–Trinajstić information content (AvgIpc) is 3.41. The molecule has 35 heavy (non-hydrogen) atoms. The number of morpholine rings is 1. The molecule has 2 amide bonds. The van der Waals surface area contributed by atoms with Crippen molar-refractivity contribution in [2.24, 2.45) is 11.0 Å². The number of methoxy groups -OCH3 is 1. The van der Waals surface area contributed by atoms with E-state index in [1.54, 1.807) is 28.4 Å². The molecule has 3 heterocycles. The van der Waals surface area contributed by atoms with E-state index < -0.39 is 0 Å². The van der Waals surface area contributed by atoms with Crippen LogP contribution in [-0.2, 0) is 14.3 Å². The van der Waals surface area contributed by atoms with Gasteiger partial charge in [-0.25, -0.2) is 5.01 Å². The Hall–Kier alpha value is -2.75. The van der Waals surface area contributed by atoms with Crippen LogP contribution in [0.15, 0.2) is 46.9 Å². The van der Waals surface area contributed by atoms with Gasteiger partial charge in [0.05, 0.1) is 37.0 Å². The average molecular weight is 497 g/mol. The summed E-state index contributed by atoms with van der Waals surface area (Å²) in [4.78, 5) is 31.9. The Bertz CT molecular complexity index is 1060. The molecule has 3 aliphatic rings. The highest BCUT2D eigenvalue weighted by molar-refractivity contribution is 7.12. The maximum atomic E-state index is 13.7. The largest absolute Gasteiger partial charge is 0.496 e. The van der Waals surface area contributed by atoms with Crippen LogP contribution in [-0.4, -0.2) is 85.4 Å². The molecule has 8 nitrogen and oxygen atoms in total. The SMILES string of the molecule is COc1ccccc1[C@H]1CC(c2cccs2)=NN1C(=O)CN(CCN1CCOCC1)C(=O)C1CC1. The molecule has 2 aromatic rings. The van der Waals surface area contributed by atoms with Gasteiger partial charge in [-0.3, -0.25) is 14.5 Å². The molecule has 1 saturated heterocycles. The third-order valence-corrected chi connectivity index (χ3v) is 7.74. The number of para-hydroxylation sites is 1. The van der Waals surface area contributed by atoms with Crippen LogP contribution in [0.2, 0.25) is 0 Å². The van der Waals surface area contributed by atoms with Crippen LogP contribution in [0.3, 0.4) is 0 Å². The van der Waals surface area contributed by atoms with E-state index in [1.807, 2.05) is 41.8 Å². The second kappa shape index (κ2) is 10.9. The zero-order valence-electron chi connectivity index (χ0n) is 20.1. The van der Waals surface area contributed by atoms with Gasteiger partial charge in [0.1, 0.15) is 12.3 Å². The number of hydrogen-bond donors (Lipinski definition) is 0. The summed E-state index contributed by atoms with van der Waals surface area (Å²) in [5.41, 5.74) is 1.81. The number of rotatable bonds is 9. The second-order valence-electron chi connectivity index (χ2n) is 9.21. The minimum absolute atomic E-state index is 0.0343. The minimum atomic E-state index is -0.270. The fraction of sp³-hybridized carbons (Fsp3) is 0.500. The van der Waals surface area contributed by atoms with E-state index in [1.165, 1.54) is 0 Å². The summed E-state index contributed by atoms with van der Waals surface area (Å²) in [5.74, 6) is 0.711. The van der Waals surface area contributed by atoms with Crippen molar-refractivity contribution < 1.29 is 19.1 Å². The lowest BCUT2D eigenvalue weighted by Gasteiger charge is -2.31. The molecule has 2 fully saturated rings. The summed E-state index contributed by atoms with van der Waals surface area (Å²) < 4.78 is 11.1. The van der Waals surface area contributed by atoms with Crippen LogP contribution in [0, 0.1) is 5.92 Å². The summed E-state index contributed by atoms with van der Waals surface area (Å²) in [5, 5.41) is 8.37. The maximum absolute atomic E-state index is 13.7. The van der Waals surface area contributed by atoms with Crippen LogP contribution >= 0.6 is 11.3 Å². The van der Waals surface area contributed by atoms with Crippen molar-refractivity contribution >= 4 is 28.9 Å². The van der Waals surface area contributed by atoms with Crippen molar-refractivity contribution in [3.05, 3.63) is 52.2 Å². The second-order valence-corrected chi connectivity index (χ2v) is 10.2. The Kier molecular flexibility index (Phi) is 7.46. The number of nitrogens with zero attached hydrogens (tertiary/aromatic N) is 4. The van der Waals surface area contributed by atoms with Gasteiger partial charge in [0.2, 0.25) is 5.91 Å². The number of thiophene rings is 1. The van der Waals surface area contributed by atoms with Crippen LogP contribution in [0.1, 0.15) is 35.7 Å². The van der Waals surface area contributed by atoms with Crippen LogP contribution < -0.4 is 4.74 Å². The fourth-order valence-corrected chi connectivity index (χ4v) is 5.42. The quantitative estimate of drug-likeness (QED) is 0.534. The molecule has 1 saturated carbocycles. The first-order valence-electron chi connectivity index (χ1n) is 12.3. The highest BCUT2D eigenvalue weighted by atomic mass is 32.1. The number of carbonyl (C=O) groups excluding carboxylic acids is 2. The van der Waals surface area contributed by atoms with Crippen molar-refractivity contribution in [3.63, 3.8) is 0 Å². The molecule has 0 bridgehead atoms. The van der Waals surface area contributed by atoms with Gasteiger partial charge in [0, 0.05) is 44.1 Å². The molecule has 5 rings (SSSR count). The lowest BCUT2D eigenvalue weighted by atomic mass is 10.00. The van der Waals surface area contributed by atoms with Crippen molar-refractivity contribution in [1.82, 2.24) is 14.8 Å². The molecule has 1 aromatic heterocycles. The zero-order valence-corrected chi connectivity index (χ0v) is 20.9. The molecule has 1 aliphatic carbocycles. The fourth-order valence-electron chi connectivity index (χ4n) is 4.69. The number of benzene rings is 1. The van der Waals surface area contributed by atoms with E-state index >= 15 is 0 Å². The number of hydrazone groups is 1. The van der Waals surface area contributed by atoms with Gasteiger partial charge >= 0.3 is 0 Å². The summed E-state index contributed by atoms with van der Waals surface area (Å²) in [6, 6.07) is 11.5. The zero-order chi connectivity index (χ0) is 24.2. The minimum Gasteiger partial charge on any atom is -0.496 e. The predicted octanol–water partition coefficient (Wildman–Crippen LogP) is 3.01. The van der Waals surface area contributed by atoms with Gasteiger partial charge in [-0.15, -0.1) is 11.3 Å². The topological polar surface area (TPSA) is 74.7 Å². The number of carbonyl (C=O) groups is 2. The molecule has 0 spiro atoms. The summed E-state index contributed by atoms with van der Waals surface area (Å²) in [7, 11) is 1.64. The van der Waals surface area contributed by atoms with Crippen LogP contribution in [0.5, 0.6) is 5.75 Å². The van der Waals surface area contributed by atoms with E-state index in [4.69, 9.17) is 14.6 Å². The van der Waals surface area contributed by atoms with Gasteiger partial charge in [-0.05, 0) is 30.4 Å². The van der Waals surface area contributed by atoms with Gasteiger partial charge in [-0.1, -0.05) is 24.3 Å². The normalized spacial score (nSPS) is 20.5. The Labute approximate surface area is 210 Å². The Balaban J connectivity index is 1.36. The lowest BCUT2D eigenvalue weighted by Crippen LogP contribution is -2.47. The third-order valence-electron chi connectivity index (χ3n) is 6.82. The summed E-state index contributed by atoms with van der Waals surface area (Å²) >= 11 is 1.62. The monoisotopic (exact) mass is 496 g/mol. The first-order valence-corrected chi connectivity index (χ1v) is 13.2. The molecule has 1 atom stereocenters. The highest BCUT2D eigenvalue weighted by Crippen LogP contribution is 2.38. The third kappa shape index (κ3) is 5.58. The standard InChI is InChI=1S/C26H32N4O4S/c1-33-23-6-3-2-5-20(23)22-17-21(24-7-4-16-35-24)27-30(22)25(31)18-29(26(32)19-8-9-19)11-10-28-12-14-34-15-13-28/h2-7,16,19,22H,8-15,17-18H2,1H3/t22-/m1/s1. The molecular weight excluding hydrogens is 464 g/mol. The van der Waals surface area contributed by atoms with Crippen LogP contribution in [0.25, 0.3) is 0 Å². The number of ether oxygens (including phenoxy) is 2. The van der Waals surface area contributed by atoms with Crippen molar-refractivity contribution in [2.75, 3.05) is 53.0 Å². The molecule has 0 unspecified atom stereocenters. The molecule has 9 heteroatoms. The van der Waals surface area contributed by atoms with E-state index in [-0.39, 0.29) is 30.3 Å². The molecule has 0 radical (unpaired) electrons. The Morgan fingerprint density at radius 2 is 1.97 bits per heavy atom. The molecular formula is C26H32N4O4S. The highest BCUT2D eigenvalue weighted by Gasteiger charge is 2.38. The maximum Gasteiger partial charge on any atom is 0.262 e. The lowest BCUT2D eigenvalue weighted by molar-refractivity contribution is -0.142. The van der Waals surface area contributed by atoms with Gasteiger partial charge in [0.25, 0.3) is 5.91 Å². The first kappa shape index (κ1) is 24.0. The van der Waals surface area contributed by atoms with Crippen molar-refractivity contribution in [2.45, 2.75) is 25.3 Å². The predicted molar refractivity (Wildman–Crippen MR) is 135 cm³/mol. The molecule has 186 valence electrons. The van der Waals surface area contributed by atoms with Crippen LogP contribution in [0.4, 0.5) is 0 Å². The number of amides is 2. The Morgan fingerprint density at radius 3 is 2.69 bits per heavy atom.